The molecule has 1 rings (SSSR count). The topological polar surface area (TPSA) is 49.7 Å². The highest BCUT2D eigenvalue weighted by molar-refractivity contribution is 6.30. The number of hydrogen-bond donors (Lipinski definition) is 2. The predicted molar refractivity (Wildman–Crippen MR) is 73.2 cm³/mol. The van der Waals surface area contributed by atoms with Crippen LogP contribution in [0.2, 0.25) is 5.02 Å². The van der Waals surface area contributed by atoms with E-state index in [1.807, 2.05) is 19.1 Å². The van der Waals surface area contributed by atoms with Crippen molar-refractivity contribution in [1.29, 1.82) is 0 Å². The summed E-state index contributed by atoms with van der Waals surface area (Å²) in [6, 6.07) is 5.41. The average molecular weight is 273 g/mol. The van der Waals surface area contributed by atoms with Gasteiger partial charge in [-0.3, -0.25) is 0 Å². The average Bonchev–Trinajstić information content (AvgIpc) is 2.36. The van der Waals surface area contributed by atoms with E-state index in [1.54, 1.807) is 13.2 Å². The minimum atomic E-state index is -0.700. The number of hydrogen-bond acceptors (Lipinski definition) is 3. The van der Waals surface area contributed by atoms with Crippen molar-refractivity contribution in [3.8, 4) is 5.75 Å². The predicted octanol–water partition coefficient (Wildman–Crippen LogP) is 2.80. The molecular formula is C14H21ClO3. The Balaban J connectivity index is 2.59. The third-order valence-corrected chi connectivity index (χ3v) is 3.22. The smallest absolute Gasteiger partial charge is 0.122 e. The number of methoxy groups -OCH3 is 1. The van der Waals surface area contributed by atoms with Gasteiger partial charge in [-0.15, -0.1) is 0 Å². The van der Waals surface area contributed by atoms with Gasteiger partial charge in [0.25, 0.3) is 0 Å². The molecule has 4 heteroatoms. The van der Waals surface area contributed by atoms with E-state index in [9.17, 15) is 10.2 Å². The maximum absolute atomic E-state index is 9.82. The van der Waals surface area contributed by atoms with E-state index in [1.165, 1.54) is 0 Å². The Hall–Kier alpha value is -0.770. The van der Waals surface area contributed by atoms with E-state index < -0.39 is 12.2 Å². The highest BCUT2D eigenvalue weighted by atomic mass is 35.5. The van der Waals surface area contributed by atoms with Gasteiger partial charge in [-0.2, -0.15) is 0 Å². The minimum Gasteiger partial charge on any atom is -0.496 e. The van der Waals surface area contributed by atoms with E-state index in [2.05, 4.69) is 0 Å². The highest BCUT2D eigenvalue weighted by Gasteiger charge is 2.16. The first-order valence-corrected chi connectivity index (χ1v) is 6.64. The number of rotatable bonds is 7. The molecule has 0 heterocycles. The fourth-order valence-electron chi connectivity index (χ4n) is 1.93. The molecule has 0 bridgehead atoms. The number of benzene rings is 1. The first-order chi connectivity index (χ1) is 8.58. The Bertz CT molecular complexity index is 368. The van der Waals surface area contributed by atoms with Crippen molar-refractivity contribution in [3.63, 3.8) is 0 Å². The molecule has 0 fully saturated rings. The molecule has 0 aliphatic rings. The number of ether oxygens (including phenoxy) is 1. The van der Waals surface area contributed by atoms with Gasteiger partial charge in [0.2, 0.25) is 0 Å². The van der Waals surface area contributed by atoms with Crippen molar-refractivity contribution in [2.75, 3.05) is 7.11 Å². The van der Waals surface area contributed by atoms with Gasteiger partial charge in [0.1, 0.15) is 5.75 Å². The normalized spacial score (nSPS) is 14.3. The molecule has 2 N–H and O–H groups in total. The maximum atomic E-state index is 9.82. The lowest BCUT2D eigenvalue weighted by Crippen LogP contribution is -2.26. The van der Waals surface area contributed by atoms with Crippen molar-refractivity contribution in [2.24, 2.45) is 0 Å². The summed E-state index contributed by atoms with van der Waals surface area (Å²) in [6.07, 6.45) is 1.25. The standard InChI is InChI=1S/C14H21ClO3/c1-3-4-12(16)13(17)7-5-10-9-11(15)6-8-14(10)18-2/h6,8-9,12-13,16-17H,3-5,7H2,1-2H3. The molecule has 0 aliphatic carbocycles. The van der Waals surface area contributed by atoms with Gasteiger partial charge in [0.15, 0.2) is 0 Å². The molecular weight excluding hydrogens is 252 g/mol. The summed E-state index contributed by atoms with van der Waals surface area (Å²) >= 11 is 5.93. The molecule has 1 aromatic carbocycles. The molecule has 2 atom stereocenters. The fourth-order valence-corrected chi connectivity index (χ4v) is 2.12. The summed E-state index contributed by atoms with van der Waals surface area (Å²) in [6.45, 7) is 1.98. The molecule has 0 aliphatic heterocycles. The Morgan fingerprint density at radius 1 is 1.22 bits per heavy atom. The Morgan fingerprint density at radius 3 is 2.50 bits per heavy atom. The summed E-state index contributed by atoms with van der Waals surface area (Å²) in [5.74, 6) is 0.761. The lowest BCUT2D eigenvalue weighted by molar-refractivity contribution is 0.00974. The van der Waals surface area contributed by atoms with Gasteiger partial charge in [-0.05, 0) is 43.0 Å². The van der Waals surface area contributed by atoms with E-state index in [4.69, 9.17) is 16.3 Å². The quantitative estimate of drug-likeness (QED) is 0.802. The van der Waals surface area contributed by atoms with E-state index >= 15 is 0 Å². The highest BCUT2D eigenvalue weighted by Crippen LogP contribution is 2.24. The van der Waals surface area contributed by atoms with Crippen LogP contribution in [-0.2, 0) is 6.42 Å². The number of halogens is 1. The Labute approximate surface area is 113 Å². The largest absolute Gasteiger partial charge is 0.496 e. The SMILES string of the molecule is CCCC(O)C(O)CCc1cc(Cl)ccc1OC. The molecule has 102 valence electrons. The molecule has 0 aromatic heterocycles. The van der Waals surface area contributed by atoms with Crippen LogP contribution in [0.3, 0.4) is 0 Å². The summed E-state index contributed by atoms with van der Waals surface area (Å²) < 4.78 is 5.24. The molecule has 3 nitrogen and oxygen atoms in total. The van der Waals surface area contributed by atoms with Crippen LogP contribution >= 0.6 is 11.6 Å². The van der Waals surface area contributed by atoms with Crippen molar-refractivity contribution in [3.05, 3.63) is 28.8 Å². The third-order valence-electron chi connectivity index (χ3n) is 2.98. The third kappa shape index (κ3) is 4.48. The zero-order valence-corrected chi connectivity index (χ0v) is 11.7. The van der Waals surface area contributed by atoms with Crippen LogP contribution in [0.15, 0.2) is 18.2 Å². The van der Waals surface area contributed by atoms with Gasteiger partial charge in [-0.1, -0.05) is 24.9 Å². The van der Waals surface area contributed by atoms with Crippen LogP contribution in [0.5, 0.6) is 5.75 Å². The number of aliphatic hydroxyl groups excluding tert-OH is 2. The second-order valence-corrected chi connectivity index (χ2v) is 4.85. The van der Waals surface area contributed by atoms with Crippen LogP contribution in [0, 0.1) is 0 Å². The second kappa shape index (κ2) is 7.62. The maximum Gasteiger partial charge on any atom is 0.122 e. The van der Waals surface area contributed by atoms with Crippen LogP contribution < -0.4 is 4.74 Å². The van der Waals surface area contributed by atoms with Crippen molar-refractivity contribution in [2.45, 2.75) is 44.8 Å². The van der Waals surface area contributed by atoms with Gasteiger partial charge in [0.05, 0.1) is 19.3 Å². The monoisotopic (exact) mass is 272 g/mol. The molecule has 18 heavy (non-hydrogen) atoms. The van der Waals surface area contributed by atoms with Gasteiger partial charge in [-0.25, -0.2) is 0 Å². The first-order valence-electron chi connectivity index (χ1n) is 6.27. The van der Waals surface area contributed by atoms with Crippen LogP contribution in [0.1, 0.15) is 31.7 Å². The molecule has 0 spiro atoms. The van der Waals surface area contributed by atoms with E-state index in [-0.39, 0.29) is 0 Å². The van der Waals surface area contributed by atoms with Gasteiger partial charge >= 0.3 is 0 Å². The molecule has 0 saturated heterocycles. The molecule has 1 aromatic rings. The number of aliphatic hydroxyl groups is 2. The lowest BCUT2D eigenvalue weighted by atomic mass is 10.0. The van der Waals surface area contributed by atoms with Crippen LogP contribution in [-0.4, -0.2) is 29.5 Å². The van der Waals surface area contributed by atoms with Crippen molar-refractivity contribution < 1.29 is 14.9 Å². The minimum absolute atomic E-state index is 0.498. The van der Waals surface area contributed by atoms with Gasteiger partial charge < -0.3 is 14.9 Å². The molecule has 0 radical (unpaired) electrons. The van der Waals surface area contributed by atoms with Crippen molar-refractivity contribution >= 4 is 11.6 Å². The first kappa shape index (κ1) is 15.3. The molecule has 2 unspecified atom stereocenters. The summed E-state index contributed by atoms with van der Waals surface area (Å²) in [4.78, 5) is 0. The van der Waals surface area contributed by atoms with E-state index in [0.29, 0.717) is 24.3 Å². The lowest BCUT2D eigenvalue weighted by Gasteiger charge is -2.17. The number of aryl methyl sites for hydroxylation is 1. The molecule has 0 amide bonds. The zero-order chi connectivity index (χ0) is 13.5. The summed E-state index contributed by atoms with van der Waals surface area (Å²) in [7, 11) is 1.61. The van der Waals surface area contributed by atoms with Gasteiger partial charge in [0, 0.05) is 5.02 Å². The second-order valence-electron chi connectivity index (χ2n) is 4.42. The summed E-state index contributed by atoms with van der Waals surface area (Å²) in [5.41, 5.74) is 0.952. The Morgan fingerprint density at radius 2 is 1.89 bits per heavy atom. The molecule has 0 saturated carbocycles. The van der Waals surface area contributed by atoms with E-state index in [0.717, 1.165) is 17.7 Å². The van der Waals surface area contributed by atoms with Crippen molar-refractivity contribution in [1.82, 2.24) is 0 Å². The van der Waals surface area contributed by atoms with Crippen LogP contribution in [0.25, 0.3) is 0 Å². The Kier molecular flexibility index (Phi) is 6.47. The summed E-state index contributed by atoms with van der Waals surface area (Å²) in [5, 5.41) is 20.1. The fraction of sp³-hybridized carbons (Fsp3) is 0.571. The zero-order valence-electron chi connectivity index (χ0n) is 10.9. The van der Waals surface area contributed by atoms with Crippen LogP contribution in [0.4, 0.5) is 0 Å².